The first-order chi connectivity index (χ1) is 11.3. The van der Waals surface area contributed by atoms with Crippen molar-refractivity contribution in [2.75, 3.05) is 21.3 Å². The van der Waals surface area contributed by atoms with Gasteiger partial charge in [0.1, 0.15) is 12.0 Å². The summed E-state index contributed by atoms with van der Waals surface area (Å²) in [5, 5.41) is 4.11. The zero-order valence-electron chi connectivity index (χ0n) is 13.1. The Bertz CT molecular complexity index is 774. The van der Waals surface area contributed by atoms with Crippen LogP contribution in [0.25, 0.3) is 22.4 Å². The summed E-state index contributed by atoms with van der Waals surface area (Å²) in [4.78, 5) is 4.13. The van der Waals surface area contributed by atoms with Crippen LogP contribution in [0.2, 0.25) is 0 Å². The van der Waals surface area contributed by atoms with E-state index in [0.29, 0.717) is 22.9 Å². The van der Waals surface area contributed by atoms with Crippen molar-refractivity contribution >= 4 is 0 Å². The van der Waals surface area contributed by atoms with Crippen LogP contribution < -0.4 is 14.2 Å². The van der Waals surface area contributed by atoms with Crippen molar-refractivity contribution in [3.8, 4) is 39.6 Å². The molecule has 0 fully saturated rings. The third kappa shape index (κ3) is 2.70. The first-order valence-corrected chi connectivity index (χ1v) is 6.93. The minimum atomic E-state index is 0.533. The lowest BCUT2D eigenvalue weighted by Crippen LogP contribution is -1.96. The highest BCUT2D eigenvalue weighted by Gasteiger charge is 2.18. The largest absolute Gasteiger partial charge is 0.493 e. The van der Waals surface area contributed by atoms with Crippen LogP contribution in [0.5, 0.6) is 17.2 Å². The van der Waals surface area contributed by atoms with Gasteiger partial charge in [-0.1, -0.05) is 11.2 Å². The molecule has 0 saturated heterocycles. The second kappa shape index (κ2) is 6.39. The molecule has 0 aliphatic heterocycles. The monoisotopic (exact) mass is 312 g/mol. The number of rotatable bonds is 5. The molecule has 3 rings (SSSR count). The van der Waals surface area contributed by atoms with Gasteiger partial charge in [0.25, 0.3) is 0 Å². The van der Waals surface area contributed by atoms with Crippen LogP contribution in [0.4, 0.5) is 0 Å². The Balaban J connectivity index is 2.15. The molecule has 0 spiro atoms. The van der Waals surface area contributed by atoms with Gasteiger partial charge >= 0.3 is 0 Å². The SMILES string of the molecule is COc1cc(-c2nocc2-c2cccnc2)cc(OC)c1OC. The molecule has 0 N–H and O–H groups in total. The lowest BCUT2D eigenvalue weighted by atomic mass is 10.0. The van der Waals surface area contributed by atoms with E-state index in [4.69, 9.17) is 18.7 Å². The quantitative estimate of drug-likeness (QED) is 0.719. The van der Waals surface area contributed by atoms with Crippen molar-refractivity contribution in [2.24, 2.45) is 0 Å². The van der Waals surface area contributed by atoms with Crippen molar-refractivity contribution in [3.05, 3.63) is 42.9 Å². The molecule has 118 valence electrons. The Labute approximate surface area is 133 Å². The van der Waals surface area contributed by atoms with Gasteiger partial charge in [-0.05, 0) is 18.2 Å². The average Bonchev–Trinajstić information content (AvgIpc) is 3.10. The van der Waals surface area contributed by atoms with Gasteiger partial charge < -0.3 is 18.7 Å². The second-order valence-electron chi connectivity index (χ2n) is 4.73. The van der Waals surface area contributed by atoms with Gasteiger partial charge in [0.15, 0.2) is 11.5 Å². The van der Waals surface area contributed by atoms with E-state index < -0.39 is 0 Å². The topological polar surface area (TPSA) is 66.6 Å². The highest BCUT2D eigenvalue weighted by atomic mass is 16.5. The average molecular weight is 312 g/mol. The number of aromatic nitrogens is 2. The van der Waals surface area contributed by atoms with Gasteiger partial charge in [-0.3, -0.25) is 4.98 Å². The van der Waals surface area contributed by atoms with Crippen molar-refractivity contribution in [1.82, 2.24) is 10.1 Å². The number of hydrogen-bond acceptors (Lipinski definition) is 6. The summed E-state index contributed by atoms with van der Waals surface area (Å²) in [6.07, 6.45) is 5.07. The summed E-state index contributed by atoms with van der Waals surface area (Å²) in [5.74, 6) is 1.65. The van der Waals surface area contributed by atoms with Crippen LogP contribution >= 0.6 is 0 Å². The number of benzene rings is 1. The minimum Gasteiger partial charge on any atom is -0.493 e. The van der Waals surface area contributed by atoms with Gasteiger partial charge in [-0.2, -0.15) is 0 Å². The lowest BCUT2D eigenvalue weighted by Gasteiger charge is -2.13. The van der Waals surface area contributed by atoms with E-state index >= 15 is 0 Å². The standard InChI is InChI=1S/C17H16N2O4/c1-20-14-7-12(8-15(21-2)17(14)22-3)16-13(10-23-19-16)11-5-4-6-18-9-11/h4-10H,1-3H3. The molecule has 23 heavy (non-hydrogen) atoms. The van der Waals surface area contributed by atoms with E-state index in [1.807, 2.05) is 24.3 Å². The van der Waals surface area contributed by atoms with Crippen molar-refractivity contribution in [1.29, 1.82) is 0 Å². The van der Waals surface area contributed by atoms with Crippen molar-refractivity contribution in [2.45, 2.75) is 0 Å². The Hall–Kier alpha value is -3.02. The van der Waals surface area contributed by atoms with Crippen LogP contribution in [0.1, 0.15) is 0 Å². The maximum absolute atomic E-state index is 5.39. The predicted octanol–water partition coefficient (Wildman–Crippen LogP) is 3.43. The Kier molecular flexibility index (Phi) is 4.14. The van der Waals surface area contributed by atoms with E-state index in [-0.39, 0.29) is 0 Å². The minimum absolute atomic E-state index is 0.533. The Morgan fingerprint density at radius 2 is 1.70 bits per heavy atom. The van der Waals surface area contributed by atoms with Gasteiger partial charge in [0, 0.05) is 23.5 Å². The molecule has 0 bridgehead atoms. The predicted molar refractivity (Wildman–Crippen MR) is 84.8 cm³/mol. The molecule has 0 aliphatic carbocycles. The van der Waals surface area contributed by atoms with Crippen LogP contribution in [0.15, 0.2) is 47.4 Å². The summed E-state index contributed by atoms with van der Waals surface area (Å²) < 4.78 is 21.3. The summed E-state index contributed by atoms with van der Waals surface area (Å²) in [6, 6.07) is 7.47. The maximum Gasteiger partial charge on any atom is 0.203 e. The Morgan fingerprint density at radius 1 is 0.957 bits per heavy atom. The summed E-state index contributed by atoms with van der Waals surface area (Å²) in [6.45, 7) is 0. The fourth-order valence-corrected chi connectivity index (χ4v) is 2.39. The zero-order chi connectivity index (χ0) is 16.2. The maximum atomic E-state index is 5.39. The van der Waals surface area contributed by atoms with E-state index in [1.165, 1.54) is 0 Å². The van der Waals surface area contributed by atoms with Gasteiger partial charge in [-0.25, -0.2) is 0 Å². The number of hydrogen-bond donors (Lipinski definition) is 0. The molecule has 2 heterocycles. The van der Waals surface area contributed by atoms with Crippen molar-refractivity contribution in [3.63, 3.8) is 0 Å². The molecule has 2 aromatic heterocycles. The fourth-order valence-electron chi connectivity index (χ4n) is 2.39. The highest BCUT2D eigenvalue weighted by molar-refractivity contribution is 5.81. The number of methoxy groups -OCH3 is 3. The molecule has 0 amide bonds. The van der Waals surface area contributed by atoms with Gasteiger partial charge in [0.2, 0.25) is 5.75 Å². The lowest BCUT2D eigenvalue weighted by molar-refractivity contribution is 0.324. The molecule has 0 radical (unpaired) electrons. The second-order valence-corrected chi connectivity index (χ2v) is 4.73. The van der Waals surface area contributed by atoms with Crippen LogP contribution in [-0.2, 0) is 0 Å². The molecule has 3 aromatic rings. The molecule has 6 heteroatoms. The van der Waals surface area contributed by atoms with E-state index in [1.54, 1.807) is 40.0 Å². The molecule has 0 atom stereocenters. The first-order valence-electron chi connectivity index (χ1n) is 6.93. The molecular weight excluding hydrogens is 296 g/mol. The fraction of sp³-hybridized carbons (Fsp3) is 0.176. The van der Waals surface area contributed by atoms with E-state index in [2.05, 4.69) is 10.1 Å². The highest BCUT2D eigenvalue weighted by Crippen LogP contribution is 2.42. The van der Waals surface area contributed by atoms with Crippen LogP contribution in [0, 0.1) is 0 Å². The van der Waals surface area contributed by atoms with E-state index in [0.717, 1.165) is 16.7 Å². The number of ether oxygens (including phenoxy) is 3. The zero-order valence-corrected chi connectivity index (χ0v) is 13.1. The van der Waals surface area contributed by atoms with Gasteiger partial charge in [0.05, 0.1) is 26.9 Å². The molecule has 0 aliphatic rings. The Morgan fingerprint density at radius 3 is 2.26 bits per heavy atom. The normalized spacial score (nSPS) is 10.4. The third-order valence-electron chi connectivity index (χ3n) is 3.48. The summed E-state index contributed by atoms with van der Waals surface area (Å²) >= 11 is 0. The van der Waals surface area contributed by atoms with Gasteiger partial charge in [-0.15, -0.1) is 0 Å². The van der Waals surface area contributed by atoms with Crippen LogP contribution in [-0.4, -0.2) is 31.5 Å². The smallest absolute Gasteiger partial charge is 0.203 e. The summed E-state index contributed by atoms with van der Waals surface area (Å²) in [7, 11) is 4.72. The number of nitrogens with zero attached hydrogens (tertiary/aromatic N) is 2. The molecular formula is C17H16N2O4. The van der Waals surface area contributed by atoms with Crippen LogP contribution in [0.3, 0.4) is 0 Å². The molecule has 6 nitrogen and oxygen atoms in total. The van der Waals surface area contributed by atoms with E-state index in [9.17, 15) is 0 Å². The van der Waals surface area contributed by atoms with Crippen molar-refractivity contribution < 1.29 is 18.7 Å². The molecule has 0 saturated carbocycles. The number of pyridine rings is 1. The summed E-state index contributed by atoms with van der Waals surface area (Å²) in [5.41, 5.74) is 3.23. The first kappa shape index (κ1) is 14.9. The molecule has 0 unspecified atom stereocenters. The molecule has 1 aromatic carbocycles. The third-order valence-corrected chi connectivity index (χ3v) is 3.48.